The molecule has 1 aliphatic heterocycles. The predicted octanol–water partition coefficient (Wildman–Crippen LogP) is 3.76. The van der Waals surface area contributed by atoms with Crippen LogP contribution in [0.2, 0.25) is 0 Å². The minimum absolute atomic E-state index is 0.0320. The van der Waals surface area contributed by atoms with Crippen molar-refractivity contribution in [2.45, 2.75) is 32.0 Å². The molecule has 1 aliphatic rings. The maximum Gasteiger partial charge on any atom is 0.405 e. The molecule has 0 radical (unpaired) electrons. The molecule has 2 aromatic rings. The Morgan fingerprint density at radius 2 is 1.79 bits per heavy atom. The van der Waals surface area contributed by atoms with Crippen LogP contribution in [0.3, 0.4) is 0 Å². The summed E-state index contributed by atoms with van der Waals surface area (Å²) in [4.78, 5) is 26.8. The number of amides is 2. The van der Waals surface area contributed by atoms with Gasteiger partial charge in [-0.15, -0.1) is 0 Å². The van der Waals surface area contributed by atoms with Crippen molar-refractivity contribution in [3.05, 3.63) is 59.7 Å². The van der Waals surface area contributed by atoms with E-state index in [-0.39, 0.29) is 24.1 Å². The van der Waals surface area contributed by atoms with E-state index in [4.69, 9.17) is 0 Å². The Morgan fingerprint density at radius 1 is 1.10 bits per heavy atom. The molecule has 5 nitrogen and oxygen atoms in total. The van der Waals surface area contributed by atoms with Crippen molar-refractivity contribution in [2.24, 2.45) is 0 Å². The third kappa shape index (κ3) is 5.07. The lowest BCUT2D eigenvalue weighted by atomic mass is 9.96. The minimum Gasteiger partial charge on any atom is -0.375 e. The maximum atomic E-state index is 12.9. The summed E-state index contributed by atoms with van der Waals surface area (Å²) in [5.74, 6) is -1.02. The number of alkyl halides is 3. The van der Waals surface area contributed by atoms with Crippen LogP contribution in [0.15, 0.2) is 48.5 Å². The number of carbonyl (C=O) groups is 2. The Kier molecular flexibility index (Phi) is 6.10. The lowest BCUT2D eigenvalue weighted by Crippen LogP contribution is -2.44. The third-order valence-electron chi connectivity index (χ3n) is 4.84. The zero-order chi connectivity index (χ0) is 21.0. The van der Waals surface area contributed by atoms with Gasteiger partial charge in [0.2, 0.25) is 5.91 Å². The van der Waals surface area contributed by atoms with Crippen LogP contribution in [0.4, 0.5) is 24.5 Å². The van der Waals surface area contributed by atoms with Crippen LogP contribution in [-0.2, 0) is 11.2 Å². The molecule has 0 spiro atoms. The number of aryl methyl sites for hydroxylation is 1. The molecular weight excluding hydrogens is 383 g/mol. The number of halogens is 3. The topological polar surface area (TPSA) is 61.4 Å². The van der Waals surface area contributed by atoms with Gasteiger partial charge in [0.15, 0.2) is 0 Å². The predicted molar refractivity (Wildman–Crippen MR) is 105 cm³/mol. The van der Waals surface area contributed by atoms with Gasteiger partial charge in [-0.3, -0.25) is 9.59 Å². The van der Waals surface area contributed by atoms with Crippen molar-refractivity contribution < 1.29 is 22.8 Å². The van der Waals surface area contributed by atoms with Crippen molar-refractivity contribution in [3.8, 4) is 0 Å². The van der Waals surface area contributed by atoms with Crippen LogP contribution in [0.1, 0.15) is 29.3 Å². The first-order chi connectivity index (χ1) is 13.8. The van der Waals surface area contributed by atoms with Crippen LogP contribution >= 0.6 is 0 Å². The van der Waals surface area contributed by atoms with E-state index < -0.39 is 18.6 Å². The van der Waals surface area contributed by atoms with Crippen molar-refractivity contribution in [1.82, 2.24) is 5.32 Å². The highest BCUT2D eigenvalue weighted by atomic mass is 19.4. The highest BCUT2D eigenvalue weighted by Gasteiger charge is 2.29. The van der Waals surface area contributed by atoms with Gasteiger partial charge >= 0.3 is 6.18 Å². The summed E-state index contributed by atoms with van der Waals surface area (Å²) in [6, 6.07) is 13.9. The number of hydrogen-bond acceptors (Lipinski definition) is 3. The van der Waals surface area contributed by atoms with Gasteiger partial charge in [0.25, 0.3) is 5.91 Å². The molecule has 1 unspecified atom stereocenters. The van der Waals surface area contributed by atoms with Crippen molar-refractivity contribution in [1.29, 1.82) is 0 Å². The number of carbonyl (C=O) groups excluding carboxylic acids is 2. The molecule has 0 bridgehead atoms. The largest absolute Gasteiger partial charge is 0.405 e. The molecule has 1 heterocycles. The number of rotatable bonds is 5. The molecular formula is C21H22F3N3O2. The average molecular weight is 405 g/mol. The third-order valence-corrected chi connectivity index (χ3v) is 4.84. The molecule has 29 heavy (non-hydrogen) atoms. The van der Waals surface area contributed by atoms with Gasteiger partial charge in [0, 0.05) is 17.4 Å². The Bertz CT molecular complexity index is 899. The highest BCUT2D eigenvalue weighted by Crippen LogP contribution is 2.30. The van der Waals surface area contributed by atoms with E-state index in [9.17, 15) is 22.8 Å². The van der Waals surface area contributed by atoms with Crippen molar-refractivity contribution in [2.75, 3.05) is 23.3 Å². The molecule has 2 N–H and O–H groups in total. The van der Waals surface area contributed by atoms with E-state index in [1.807, 2.05) is 36.5 Å². The quantitative estimate of drug-likeness (QED) is 0.796. The lowest BCUT2D eigenvalue weighted by Gasteiger charge is -2.35. The fraction of sp³-hybridized carbons (Fsp3) is 0.333. The molecule has 2 aromatic carbocycles. The Labute approximate surface area is 166 Å². The molecule has 0 saturated carbocycles. The summed E-state index contributed by atoms with van der Waals surface area (Å²) >= 11 is 0. The number of hydrogen-bond donors (Lipinski definition) is 2. The monoisotopic (exact) mass is 405 g/mol. The number of nitrogens with one attached hydrogen (secondary N) is 2. The van der Waals surface area contributed by atoms with Gasteiger partial charge in [-0.05, 0) is 43.5 Å². The summed E-state index contributed by atoms with van der Waals surface area (Å²) in [5, 5.41) is 4.76. The van der Waals surface area contributed by atoms with Crippen LogP contribution < -0.4 is 15.5 Å². The standard InChI is InChI=1S/C21H22F3N3O2/c1-14-10-11-15-6-2-5-9-18(15)27(14)19(28)12-25-17-8-4-3-7-16(17)20(29)26-13-21(22,23)24/h2-9,14,25H,10-13H2,1H3,(H,26,29). The van der Waals surface area contributed by atoms with Crippen LogP contribution in [-0.4, -0.2) is 37.1 Å². The van der Waals surface area contributed by atoms with E-state index >= 15 is 0 Å². The molecule has 2 amide bonds. The first-order valence-electron chi connectivity index (χ1n) is 9.34. The van der Waals surface area contributed by atoms with Gasteiger partial charge in [0.05, 0.1) is 12.1 Å². The molecule has 0 aromatic heterocycles. The Balaban J connectivity index is 1.71. The normalized spacial score (nSPS) is 16.1. The van der Waals surface area contributed by atoms with E-state index in [0.29, 0.717) is 5.69 Å². The van der Waals surface area contributed by atoms with Crippen LogP contribution in [0.25, 0.3) is 0 Å². The second-order valence-electron chi connectivity index (χ2n) is 6.98. The van der Waals surface area contributed by atoms with E-state index in [2.05, 4.69) is 5.32 Å². The molecule has 0 aliphatic carbocycles. The van der Waals surface area contributed by atoms with E-state index in [1.54, 1.807) is 23.1 Å². The first-order valence-corrected chi connectivity index (χ1v) is 9.34. The summed E-state index contributed by atoms with van der Waals surface area (Å²) in [5.41, 5.74) is 2.33. The zero-order valence-electron chi connectivity index (χ0n) is 15.9. The molecule has 0 fully saturated rings. The number of fused-ring (bicyclic) bond motifs is 1. The van der Waals surface area contributed by atoms with Gasteiger partial charge in [-0.1, -0.05) is 30.3 Å². The fourth-order valence-electron chi connectivity index (χ4n) is 3.44. The van der Waals surface area contributed by atoms with E-state index in [1.165, 1.54) is 6.07 Å². The van der Waals surface area contributed by atoms with Gasteiger partial charge < -0.3 is 15.5 Å². The Morgan fingerprint density at radius 3 is 2.55 bits per heavy atom. The highest BCUT2D eigenvalue weighted by molar-refractivity contribution is 6.01. The number of anilines is 2. The zero-order valence-corrected chi connectivity index (χ0v) is 15.9. The Hall–Kier alpha value is -3.03. The van der Waals surface area contributed by atoms with Crippen molar-refractivity contribution >= 4 is 23.2 Å². The average Bonchev–Trinajstić information content (AvgIpc) is 2.70. The second-order valence-corrected chi connectivity index (χ2v) is 6.98. The smallest absolute Gasteiger partial charge is 0.375 e. The molecule has 3 rings (SSSR count). The fourth-order valence-corrected chi connectivity index (χ4v) is 3.44. The SMILES string of the molecule is CC1CCc2ccccc2N1C(=O)CNc1ccccc1C(=O)NCC(F)(F)F. The van der Waals surface area contributed by atoms with Crippen LogP contribution in [0, 0.1) is 0 Å². The molecule has 0 saturated heterocycles. The molecule has 154 valence electrons. The van der Waals surface area contributed by atoms with E-state index in [0.717, 1.165) is 24.1 Å². The van der Waals surface area contributed by atoms with Crippen molar-refractivity contribution in [3.63, 3.8) is 0 Å². The number of nitrogens with zero attached hydrogens (tertiary/aromatic N) is 1. The van der Waals surface area contributed by atoms with Gasteiger partial charge in [-0.25, -0.2) is 0 Å². The number of benzene rings is 2. The molecule has 1 atom stereocenters. The summed E-state index contributed by atoms with van der Waals surface area (Å²) < 4.78 is 37.1. The summed E-state index contributed by atoms with van der Waals surface area (Å²) in [7, 11) is 0. The maximum absolute atomic E-state index is 12.9. The lowest BCUT2D eigenvalue weighted by molar-refractivity contribution is -0.123. The molecule has 8 heteroatoms. The first kappa shape index (κ1) is 20.7. The summed E-state index contributed by atoms with van der Waals surface area (Å²) in [6.07, 6.45) is -2.75. The number of para-hydroxylation sites is 2. The van der Waals surface area contributed by atoms with Gasteiger partial charge in [-0.2, -0.15) is 13.2 Å². The second kappa shape index (κ2) is 8.55. The minimum atomic E-state index is -4.49. The summed E-state index contributed by atoms with van der Waals surface area (Å²) in [6.45, 7) is 0.482. The van der Waals surface area contributed by atoms with Crippen LogP contribution in [0.5, 0.6) is 0 Å². The van der Waals surface area contributed by atoms with Gasteiger partial charge in [0.1, 0.15) is 6.54 Å².